The van der Waals surface area contributed by atoms with Gasteiger partial charge in [0.25, 0.3) is 0 Å². The molecule has 0 heterocycles. The largest absolute Gasteiger partial charge is 0.416 e. The molecular weight excluding hydrogens is 293 g/mol. The summed E-state index contributed by atoms with van der Waals surface area (Å²) in [6.07, 6.45) is -2.92. The summed E-state index contributed by atoms with van der Waals surface area (Å²) in [6.45, 7) is 0. The Labute approximate surface area is 125 Å². The van der Waals surface area contributed by atoms with Crippen LogP contribution in [0.25, 0.3) is 11.1 Å². The molecule has 0 radical (unpaired) electrons. The highest BCUT2D eigenvalue weighted by Gasteiger charge is 2.30. The molecule has 4 N–H and O–H groups in total. The molecule has 2 aromatic carbocycles. The van der Waals surface area contributed by atoms with Gasteiger partial charge in [-0.15, -0.1) is 5.10 Å². The highest BCUT2D eigenvalue weighted by molar-refractivity contribution is 5.82. The standard InChI is InChI=1S/C15H13F3N4/c16-15(17,18)13-3-1-2-12(8-13)11-6-4-10(5-7-11)9-21-22-14(19)20/h1-9H,(H4,19,20,22). The van der Waals surface area contributed by atoms with E-state index in [1.54, 1.807) is 30.3 Å². The number of guanidine groups is 1. The van der Waals surface area contributed by atoms with Crippen LogP contribution in [-0.2, 0) is 6.18 Å². The number of hydrogen-bond donors (Lipinski definition) is 2. The van der Waals surface area contributed by atoms with E-state index in [-0.39, 0.29) is 5.96 Å². The van der Waals surface area contributed by atoms with Crippen LogP contribution in [-0.4, -0.2) is 12.2 Å². The Bertz CT molecular complexity index is 699. The van der Waals surface area contributed by atoms with Crippen molar-refractivity contribution in [3.63, 3.8) is 0 Å². The zero-order chi connectivity index (χ0) is 16.2. The fourth-order valence-corrected chi connectivity index (χ4v) is 1.80. The lowest BCUT2D eigenvalue weighted by Crippen LogP contribution is -2.21. The van der Waals surface area contributed by atoms with Crippen LogP contribution in [0.3, 0.4) is 0 Å². The van der Waals surface area contributed by atoms with E-state index in [1.807, 2.05) is 0 Å². The summed E-state index contributed by atoms with van der Waals surface area (Å²) in [5, 5.41) is 7.11. The van der Waals surface area contributed by atoms with Crippen LogP contribution in [0, 0.1) is 0 Å². The fourth-order valence-electron chi connectivity index (χ4n) is 1.80. The van der Waals surface area contributed by atoms with Crippen LogP contribution >= 0.6 is 0 Å². The lowest BCUT2D eigenvalue weighted by Gasteiger charge is -2.09. The predicted molar refractivity (Wildman–Crippen MR) is 80.3 cm³/mol. The van der Waals surface area contributed by atoms with Crippen molar-refractivity contribution < 1.29 is 13.2 Å². The first kappa shape index (κ1) is 15.6. The van der Waals surface area contributed by atoms with Crippen molar-refractivity contribution >= 4 is 12.2 Å². The maximum Gasteiger partial charge on any atom is 0.416 e. The first-order chi connectivity index (χ1) is 10.4. The van der Waals surface area contributed by atoms with Gasteiger partial charge in [-0.25, -0.2) is 0 Å². The molecule has 4 nitrogen and oxygen atoms in total. The molecule has 0 spiro atoms. The Morgan fingerprint density at radius 3 is 2.23 bits per heavy atom. The monoisotopic (exact) mass is 306 g/mol. The molecule has 0 aliphatic carbocycles. The minimum absolute atomic E-state index is 0.156. The molecule has 2 rings (SSSR count). The predicted octanol–water partition coefficient (Wildman–Crippen LogP) is 2.98. The molecule has 0 aliphatic heterocycles. The Morgan fingerprint density at radius 2 is 1.64 bits per heavy atom. The van der Waals surface area contributed by atoms with Gasteiger partial charge in [0.15, 0.2) is 0 Å². The number of halogens is 3. The van der Waals surface area contributed by atoms with Gasteiger partial charge >= 0.3 is 6.18 Å². The van der Waals surface area contributed by atoms with Gasteiger partial charge in [0.05, 0.1) is 11.8 Å². The van der Waals surface area contributed by atoms with Crippen molar-refractivity contribution in [2.45, 2.75) is 6.18 Å². The summed E-state index contributed by atoms with van der Waals surface area (Å²) in [5.41, 5.74) is 11.5. The van der Waals surface area contributed by atoms with Crippen molar-refractivity contribution in [2.75, 3.05) is 0 Å². The third kappa shape index (κ3) is 4.08. The average molecular weight is 306 g/mol. The van der Waals surface area contributed by atoms with Gasteiger partial charge in [-0.1, -0.05) is 36.4 Å². The minimum Gasteiger partial charge on any atom is -0.369 e. The molecule has 7 heteroatoms. The van der Waals surface area contributed by atoms with Crippen molar-refractivity contribution in [1.82, 2.24) is 0 Å². The molecule has 2 aromatic rings. The minimum atomic E-state index is -4.36. The van der Waals surface area contributed by atoms with Crippen molar-refractivity contribution in [3.8, 4) is 11.1 Å². The summed E-state index contributed by atoms with van der Waals surface area (Å²) in [4.78, 5) is 0. The van der Waals surface area contributed by atoms with E-state index in [0.717, 1.165) is 17.7 Å². The second-order valence-electron chi connectivity index (χ2n) is 4.47. The SMILES string of the molecule is NC(N)=NN=Cc1ccc(-c2cccc(C(F)(F)F)c2)cc1. The van der Waals surface area contributed by atoms with Crippen molar-refractivity contribution in [3.05, 3.63) is 59.7 Å². The van der Waals surface area contributed by atoms with Gasteiger partial charge in [0, 0.05) is 0 Å². The normalized spacial score (nSPS) is 11.6. The van der Waals surface area contributed by atoms with Crippen LogP contribution in [0.1, 0.15) is 11.1 Å². The Hall–Kier alpha value is -2.83. The van der Waals surface area contributed by atoms with Crippen LogP contribution in [0.4, 0.5) is 13.2 Å². The topological polar surface area (TPSA) is 76.8 Å². The van der Waals surface area contributed by atoms with E-state index in [0.29, 0.717) is 11.1 Å². The van der Waals surface area contributed by atoms with E-state index in [2.05, 4.69) is 10.2 Å². The molecule has 0 amide bonds. The lowest BCUT2D eigenvalue weighted by atomic mass is 10.0. The van der Waals surface area contributed by atoms with Gasteiger partial charge in [-0.2, -0.15) is 18.3 Å². The van der Waals surface area contributed by atoms with Gasteiger partial charge in [0.1, 0.15) is 0 Å². The maximum atomic E-state index is 12.7. The third-order valence-electron chi connectivity index (χ3n) is 2.81. The Morgan fingerprint density at radius 1 is 0.955 bits per heavy atom. The van der Waals surface area contributed by atoms with E-state index in [1.165, 1.54) is 12.3 Å². The molecule has 0 unspecified atom stereocenters. The molecule has 0 saturated carbocycles. The smallest absolute Gasteiger partial charge is 0.369 e. The first-order valence-electron chi connectivity index (χ1n) is 6.26. The Kier molecular flexibility index (Phi) is 4.45. The van der Waals surface area contributed by atoms with E-state index < -0.39 is 11.7 Å². The first-order valence-corrected chi connectivity index (χ1v) is 6.26. The number of benzene rings is 2. The maximum absolute atomic E-state index is 12.7. The fraction of sp³-hybridized carbons (Fsp3) is 0.0667. The lowest BCUT2D eigenvalue weighted by molar-refractivity contribution is -0.137. The van der Waals surface area contributed by atoms with Crippen LogP contribution in [0.15, 0.2) is 58.7 Å². The number of alkyl halides is 3. The van der Waals surface area contributed by atoms with Gasteiger partial charge < -0.3 is 11.5 Å². The number of hydrogen-bond acceptors (Lipinski definition) is 2. The molecule has 22 heavy (non-hydrogen) atoms. The molecular formula is C15H13F3N4. The molecule has 0 bridgehead atoms. The van der Waals surface area contributed by atoms with Crippen LogP contribution in [0.5, 0.6) is 0 Å². The van der Waals surface area contributed by atoms with Crippen molar-refractivity contribution in [1.29, 1.82) is 0 Å². The second kappa shape index (κ2) is 6.30. The summed E-state index contributed by atoms with van der Waals surface area (Å²) in [6, 6.07) is 12.0. The zero-order valence-corrected chi connectivity index (χ0v) is 11.4. The quantitative estimate of drug-likeness (QED) is 0.519. The van der Waals surface area contributed by atoms with Crippen molar-refractivity contribution in [2.24, 2.45) is 21.7 Å². The highest BCUT2D eigenvalue weighted by Crippen LogP contribution is 2.32. The third-order valence-corrected chi connectivity index (χ3v) is 2.81. The molecule has 0 aromatic heterocycles. The van der Waals surface area contributed by atoms with Gasteiger partial charge in [0.2, 0.25) is 5.96 Å². The van der Waals surface area contributed by atoms with Crippen LogP contribution in [0.2, 0.25) is 0 Å². The Balaban J connectivity index is 2.24. The summed E-state index contributed by atoms with van der Waals surface area (Å²) in [5.74, 6) is -0.156. The summed E-state index contributed by atoms with van der Waals surface area (Å²) in [7, 11) is 0. The summed E-state index contributed by atoms with van der Waals surface area (Å²) < 4.78 is 38.1. The van der Waals surface area contributed by atoms with E-state index in [9.17, 15) is 13.2 Å². The molecule has 0 fully saturated rings. The van der Waals surface area contributed by atoms with Gasteiger partial charge in [-0.05, 0) is 28.8 Å². The number of rotatable bonds is 3. The van der Waals surface area contributed by atoms with Gasteiger partial charge in [-0.3, -0.25) is 0 Å². The van der Waals surface area contributed by atoms with E-state index in [4.69, 9.17) is 11.5 Å². The second-order valence-corrected chi connectivity index (χ2v) is 4.47. The zero-order valence-electron chi connectivity index (χ0n) is 11.4. The molecule has 0 saturated heterocycles. The number of nitrogens with two attached hydrogens (primary N) is 2. The molecule has 0 atom stereocenters. The molecule has 0 aliphatic rings. The van der Waals surface area contributed by atoms with E-state index >= 15 is 0 Å². The summed E-state index contributed by atoms with van der Waals surface area (Å²) >= 11 is 0. The molecule has 114 valence electrons. The highest BCUT2D eigenvalue weighted by atomic mass is 19.4. The number of nitrogens with zero attached hydrogens (tertiary/aromatic N) is 2. The van der Waals surface area contributed by atoms with Crippen LogP contribution < -0.4 is 11.5 Å². The average Bonchev–Trinajstić information content (AvgIpc) is 2.47.